The predicted molar refractivity (Wildman–Crippen MR) is 56.2 cm³/mol. The third kappa shape index (κ3) is 3.39. The number of amides is 3. The van der Waals surface area contributed by atoms with Gasteiger partial charge in [-0.1, -0.05) is 0 Å². The van der Waals surface area contributed by atoms with Gasteiger partial charge in [-0.2, -0.15) is 0 Å². The Bertz CT molecular complexity index is 256. The van der Waals surface area contributed by atoms with E-state index in [0.29, 0.717) is 19.1 Å². The van der Waals surface area contributed by atoms with Crippen molar-refractivity contribution in [3.8, 4) is 0 Å². The van der Waals surface area contributed by atoms with Crippen LogP contribution in [0.15, 0.2) is 0 Å². The minimum atomic E-state index is -0.668. The van der Waals surface area contributed by atoms with Gasteiger partial charge in [0.05, 0.1) is 0 Å². The van der Waals surface area contributed by atoms with Crippen molar-refractivity contribution < 1.29 is 9.59 Å². The number of nitrogens with two attached hydrogens (primary N) is 1. The van der Waals surface area contributed by atoms with E-state index in [9.17, 15) is 9.59 Å². The van der Waals surface area contributed by atoms with Gasteiger partial charge in [-0.25, -0.2) is 4.79 Å². The smallest absolute Gasteiger partial charge is 0.312 e. The van der Waals surface area contributed by atoms with Gasteiger partial charge in [0.2, 0.25) is 5.91 Å². The lowest BCUT2D eigenvalue weighted by Crippen LogP contribution is -2.56. The first kappa shape index (κ1) is 11.8. The normalized spacial score (nSPS) is 23.3. The highest BCUT2D eigenvalue weighted by Gasteiger charge is 2.24. The molecule has 0 aromatic heterocycles. The summed E-state index contributed by atoms with van der Waals surface area (Å²) >= 11 is 0. The van der Waals surface area contributed by atoms with Gasteiger partial charge in [0.25, 0.3) is 0 Å². The molecule has 1 aliphatic heterocycles. The largest absolute Gasteiger partial charge is 0.352 e. The number of rotatable bonds is 2. The number of hydrogen-bond acceptors (Lipinski definition) is 3. The fraction of sp³-hybridized carbons (Fsp3) is 0.778. The average Bonchev–Trinajstić information content (AvgIpc) is 2.15. The zero-order chi connectivity index (χ0) is 11.4. The molecule has 4 N–H and O–H groups in total. The first-order valence-electron chi connectivity index (χ1n) is 5.09. The molecular weight excluding hydrogens is 196 g/mol. The minimum absolute atomic E-state index is 0.0813. The molecule has 0 saturated carbocycles. The van der Waals surface area contributed by atoms with Crippen LogP contribution in [0.1, 0.15) is 13.8 Å². The topological polar surface area (TPSA) is 87.5 Å². The van der Waals surface area contributed by atoms with E-state index < -0.39 is 12.1 Å². The highest BCUT2D eigenvalue weighted by Crippen LogP contribution is 2.01. The Morgan fingerprint density at radius 2 is 2.27 bits per heavy atom. The lowest BCUT2D eigenvalue weighted by Gasteiger charge is -2.33. The summed E-state index contributed by atoms with van der Waals surface area (Å²) in [5, 5.41) is 5.62. The van der Waals surface area contributed by atoms with Gasteiger partial charge in [-0.15, -0.1) is 0 Å². The summed E-state index contributed by atoms with van der Waals surface area (Å²) in [7, 11) is 0. The molecule has 6 heteroatoms. The second kappa shape index (κ2) is 4.97. The number of nitrogens with zero attached hydrogens (tertiary/aromatic N) is 1. The maximum absolute atomic E-state index is 11.8. The molecule has 15 heavy (non-hydrogen) atoms. The Kier molecular flexibility index (Phi) is 3.90. The number of urea groups is 1. The fourth-order valence-corrected chi connectivity index (χ4v) is 1.68. The molecule has 86 valence electrons. The van der Waals surface area contributed by atoms with E-state index in [-0.39, 0.29) is 5.91 Å². The molecule has 0 aromatic rings. The Morgan fingerprint density at radius 1 is 1.60 bits per heavy atom. The molecular formula is C9H18N4O2. The Hall–Kier alpha value is -1.30. The molecule has 3 amide bonds. The highest BCUT2D eigenvalue weighted by atomic mass is 16.2. The Morgan fingerprint density at radius 3 is 2.80 bits per heavy atom. The summed E-state index contributed by atoms with van der Waals surface area (Å²) in [6.45, 7) is 5.79. The van der Waals surface area contributed by atoms with Crippen molar-refractivity contribution >= 4 is 11.9 Å². The molecule has 2 atom stereocenters. The van der Waals surface area contributed by atoms with Gasteiger partial charge in [-0.05, 0) is 13.8 Å². The van der Waals surface area contributed by atoms with E-state index >= 15 is 0 Å². The quantitative estimate of drug-likeness (QED) is 0.543. The first-order chi connectivity index (χ1) is 7.00. The number of carbonyl (C=O) groups excluding carboxylic acids is 2. The lowest BCUT2D eigenvalue weighted by atomic mass is 10.2. The minimum Gasteiger partial charge on any atom is -0.352 e. The van der Waals surface area contributed by atoms with Gasteiger partial charge in [-0.3, -0.25) is 4.79 Å². The zero-order valence-corrected chi connectivity index (χ0v) is 9.12. The van der Waals surface area contributed by atoms with Crippen LogP contribution in [0, 0.1) is 0 Å². The Balaban J connectivity index is 2.47. The molecule has 0 aromatic carbocycles. The molecule has 1 fully saturated rings. The van der Waals surface area contributed by atoms with Crippen LogP contribution < -0.4 is 16.4 Å². The van der Waals surface area contributed by atoms with Crippen molar-refractivity contribution in [2.45, 2.75) is 25.9 Å². The van der Waals surface area contributed by atoms with E-state index in [0.717, 1.165) is 6.54 Å². The number of carbonyl (C=O) groups is 2. The summed E-state index contributed by atoms with van der Waals surface area (Å²) in [6.07, 6.45) is 0. The van der Waals surface area contributed by atoms with Crippen LogP contribution in [0.5, 0.6) is 0 Å². The molecule has 1 rings (SSSR count). The Labute approximate surface area is 89.2 Å². The lowest BCUT2D eigenvalue weighted by molar-refractivity contribution is -0.133. The third-order valence-corrected chi connectivity index (χ3v) is 2.41. The third-order valence-electron chi connectivity index (χ3n) is 2.41. The maximum atomic E-state index is 11.8. The summed E-state index contributed by atoms with van der Waals surface area (Å²) < 4.78 is 0. The van der Waals surface area contributed by atoms with Gasteiger partial charge in [0.15, 0.2) is 0 Å². The monoisotopic (exact) mass is 214 g/mol. The van der Waals surface area contributed by atoms with Crippen molar-refractivity contribution in [3.63, 3.8) is 0 Å². The molecule has 6 nitrogen and oxygen atoms in total. The molecule has 1 unspecified atom stereocenters. The van der Waals surface area contributed by atoms with E-state index in [1.807, 2.05) is 6.92 Å². The van der Waals surface area contributed by atoms with Crippen LogP contribution in [-0.4, -0.2) is 48.6 Å². The van der Waals surface area contributed by atoms with Gasteiger partial charge < -0.3 is 21.3 Å². The maximum Gasteiger partial charge on any atom is 0.312 e. The standard InChI is InChI=1S/C9H18N4O2/c1-6-5-13(4-3-11-6)8(14)7(2)12-9(10)15/h6-7,11H,3-5H2,1-2H3,(H3,10,12,15)/t6-,7?/m1/s1. The number of primary amides is 1. The van der Waals surface area contributed by atoms with Crippen molar-refractivity contribution in [2.24, 2.45) is 5.73 Å². The van der Waals surface area contributed by atoms with Crippen LogP contribution >= 0.6 is 0 Å². The molecule has 1 aliphatic rings. The molecule has 0 spiro atoms. The first-order valence-corrected chi connectivity index (χ1v) is 5.09. The van der Waals surface area contributed by atoms with Crippen molar-refractivity contribution in [3.05, 3.63) is 0 Å². The van der Waals surface area contributed by atoms with Gasteiger partial charge in [0.1, 0.15) is 6.04 Å². The molecule has 1 heterocycles. The average molecular weight is 214 g/mol. The molecule has 0 radical (unpaired) electrons. The fourth-order valence-electron chi connectivity index (χ4n) is 1.68. The van der Waals surface area contributed by atoms with Gasteiger partial charge in [0, 0.05) is 25.7 Å². The zero-order valence-electron chi connectivity index (χ0n) is 9.12. The van der Waals surface area contributed by atoms with Crippen molar-refractivity contribution in [1.29, 1.82) is 0 Å². The van der Waals surface area contributed by atoms with Crippen LogP contribution in [0.4, 0.5) is 4.79 Å². The van der Waals surface area contributed by atoms with Crippen LogP contribution in [0.2, 0.25) is 0 Å². The van der Waals surface area contributed by atoms with E-state index in [1.165, 1.54) is 0 Å². The highest BCUT2D eigenvalue weighted by molar-refractivity contribution is 5.86. The summed E-state index contributed by atoms with van der Waals surface area (Å²) in [5.41, 5.74) is 4.95. The number of piperazine rings is 1. The van der Waals surface area contributed by atoms with Crippen LogP contribution in [0.3, 0.4) is 0 Å². The van der Waals surface area contributed by atoms with E-state index in [1.54, 1.807) is 11.8 Å². The van der Waals surface area contributed by atoms with E-state index in [2.05, 4.69) is 10.6 Å². The second-order valence-electron chi connectivity index (χ2n) is 3.87. The van der Waals surface area contributed by atoms with Crippen LogP contribution in [-0.2, 0) is 4.79 Å². The number of nitrogens with one attached hydrogen (secondary N) is 2. The molecule has 0 aliphatic carbocycles. The van der Waals surface area contributed by atoms with Gasteiger partial charge >= 0.3 is 6.03 Å². The molecule has 1 saturated heterocycles. The molecule has 0 bridgehead atoms. The van der Waals surface area contributed by atoms with Crippen molar-refractivity contribution in [1.82, 2.24) is 15.5 Å². The predicted octanol–water partition coefficient (Wildman–Crippen LogP) is -1.14. The summed E-state index contributed by atoms with van der Waals surface area (Å²) in [6, 6.07) is -0.921. The van der Waals surface area contributed by atoms with E-state index in [4.69, 9.17) is 5.73 Å². The number of hydrogen-bond donors (Lipinski definition) is 3. The van der Waals surface area contributed by atoms with Crippen LogP contribution in [0.25, 0.3) is 0 Å². The van der Waals surface area contributed by atoms with Crippen molar-refractivity contribution in [2.75, 3.05) is 19.6 Å². The second-order valence-corrected chi connectivity index (χ2v) is 3.87. The summed E-state index contributed by atoms with van der Waals surface area (Å²) in [5.74, 6) is -0.0813. The summed E-state index contributed by atoms with van der Waals surface area (Å²) in [4.78, 5) is 24.1. The SMILES string of the molecule is CC(NC(N)=O)C(=O)N1CCN[C@H](C)C1.